The summed E-state index contributed by atoms with van der Waals surface area (Å²) in [6, 6.07) is 14.8. The number of benzene rings is 2. The van der Waals surface area contributed by atoms with Gasteiger partial charge in [-0.2, -0.15) is 0 Å². The number of ether oxygens (including phenoxy) is 1. The standard InChI is InChI=1S/C23H28N2O3/c1-17-10-9-11-19(16-17)28-18(2)22(26)24-21-13-6-5-12-20(21)23(27)25-14-7-3-4-8-15-25/h5-6,9-13,16,18H,3-4,7-8,14-15H2,1-2H3,(H,24,26)/t18-/m1/s1. The Hall–Kier alpha value is -2.82. The van der Waals surface area contributed by atoms with E-state index in [9.17, 15) is 9.59 Å². The molecule has 5 nitrogen and oxygen atoms in total. The fourth-order valence-corrected chi connectivity index (χ4v) is 3.40. The number of hydrogen-bond donors (Lipinski definition) is 1. The summed E-state index contributed by atoms with van der Waals surface area (Å²) in [5, 5.41) is 2.87. The average Bonchev–Trinajstić information content (AvgIpc) is 2.97. The molecule has 3 rings (SSSR count). The lowest BCUT2D eigenvalue weighted by atomic mass is 10.1. The maximum atomic E-state index is 13.0. The van der Waals surface area contributed by atoms with E-state index >= 15 is 0 Å². The highest BCUT2D eigenvalue weighted by atomic mass is 16.5. The highest BCUT2D eigenvalue weighted by Crippen LogP contribution is 2.21. The minimum Gasteiger partial charge on any atom is -0.481 e. The molecule has 1 N–H and O–H groups in total. The molecule has 0 bridgehead atoms. The van der Waals surface area contributed by atoms with E-state index < -0.39 is 6.10 Å². The summed E-state index contributed by atoms with van der Waals surface area (Å²) in [4.78, 5) is 27.5. The quantitative estimate of drug-likeness (QED) is 0.835. The number of rotatable bonds is 5. The van der Waals surface area contributed by atoms with Crippen LogP contribution in [0, 0.1) is 6.92 Å². The lowest BCUT2D eigenvalue weighted by Gasteiger charge is -2.22. The summed E-state index contributed by atoms with van der Waals surface area (Å²) >= 11 is 0. The van der Waals surface area contributed by atoms with Gasteiger partial charge in [0, 0.05) is 13.1 Å². The first-order valence-electron chi connectivity index (χ1n) is 9.97. The Labute approximate surface area is 166 Å². The summed E-state index contributed by atoms with van der Waals surface area (Å²) in [6.45, 7) is 5.22. The maximum Gasteiger partial charge on any atom is 0.265 e. The molecule has 2 aromatic rings. The Morgan fingerprint density at radius 2 is 1.71 bits per heavy atom. The number of carbonyl (C=O) groups is 2. The lowest BCUT2D eigenvalue weighted by molar-refractivity contribution is -0.122. The van der Waals surface area contributed by atoms with Gasteiger partial charge in [0.05, 0.1) is 11.3 Å². The lowest BCUT2D eigenvalue weighted by Crippen LogP contribution is -2.34. The fraction of sp³-hybridized carbons (Fsp3) is 0.391. The van der Waals surface area contributed by atoms with E-state index in [1.165, 1.54) is 0 Å². The van der Waals surface area contributed by atoms with E-state index in [0.29, 0.717) is 17.0 Å². The summed E-state index contributed by atoms with van der Waals surface area (Å²) in [5.41, 5.74) is 2.13. The Kier molecular flexibility index (Phi) is 6.69. The molecule has 0 aliphatic carbocycles. The van der Waals surface area contributed by atoms with Crippen LogP contribution in [0.15, 0.2) is 48.5 Å². The molecule has 1 saturated heterocycles. The van der Waals surface area contributed by atoms with Gasteiger partial charge < -0.3 is 15.0 Å². The minimum atomic E-state index is -0.678. The van der Waals surface area contributed by atoms with Crippen molar-refractivity contribution in [1.82, 2.24) is 4.90 Å². The molecule has 1 aliphatic heterocycles. The zero-order chi connectivity index (χ0) is 19.9. The Bertz CT molecular complexity index is 826. The van der Waals surface area contributed by atoms with Gasteiger partial charge >= 0.3 is 0 Å². The SMILES string of the molecule is Cc1cccc(O[C@H](C)C(=O)Nc2ccccc2C(=O)N2CCCCCC2)c1. The van der Waals surface area contributed by atoms with Crippen molar-refractivity contribution in [3.05, 3.63) is 59.7 Å². The van der Waals surface area contributed by atoms with Crippen LogP contribution >= 0.6 is 0 Å². The monoisotopic (exact) mass is 380 g/mol. The topological polar surface area (TPSA) is 58.6 Å². The number of nitrogens with zero attached hydrogens (tertiary/aromatic N) is 1. The summed E-state index contributed by atoms with van der Waals surface area (Å²) in [7, 11) is 0. The second-order valence-corrected chi connectivity index (χ2v) is 7.32. The molecule has 1 aliphatic rings. The Morgan fingerprint density at radius 1 is 1.00 bits per heavy atom. The van der Waals surface area contributed by atoms with Crippen LogP contribution in [-0.4, -0.2) is 35.9 Å². The molecule has 0 spiro atoms. The van der Waals surface area contributed by atoms with E-state index in [0.717, 1.165) is 44.3 Å². The molecule has 0 aromatic heterocycles. The third-order valence-corrected chi connectivity index (χ3v) is 4.98. The van der Waals surface area contributed by atoms with Crippen molar-refractivity contribution in [1.29, 1.82) is 0 Å². The number of para-hydroxylation sites is 1. The summed E-state index contributed by atoms with van der Waals surface area (Å²) in [5.74, 6) is 0.347. The molecule has 0 saturated carbocycles. The number of likely N-dealkylation sites (tertiary alicyclic amines) is 1. The number of hydrogen-bond acceptors (Lipinski definition) is 3. The van der Waals surface area contributed by atoms with Crippen LogP contribution in [0.2, 0.25) is 0 Å². The van der Waals surface area contributed by atoms with E-state index in [1.54, 1.807) is 19.1 Å². The number of anilines is 1. The summed E-state index contributed by atoms with van der Waals surface area (Å²) < 4.78 is 5.75. The molecule has 28 heavy (non-hydrogen) atoms. The third-order valence-electron chi connectivity index (χ3n) is 4.98. The molecule has 0 radical (unpaired) electrons. The second-order valence-electron chi connectivity index (χ2n) is 7.32. The zero-order valence-electron chi connectivity index (χ0n) is 16.6. The molecule has 2 aromatic carbocycles. The average molecular weight is 380 g/mol. The van der Waals surface area contributed by atoms with Gasteiger partial charge in [-0.3, -0.25) is 9.59 Å². The van der Waals surface area contributed by atoms with Gasteiger partial charge in [0.2, 0.25) is 0 Å². The minimum absolute atomic E-state index is 0.0231. The Balaban J connectivity index is 1.69. The third kappa shape index (κ3) is 5.12. The first kappa shape index (κ1) is 19.9. The van der Waals surface area contributed by atoms with Gasteiger partial charge in [-0.1, -0.05) is 37.1 Å². The van der Waals surface area contributed by atoms with Gasteiger partial charge in [0.1, 0.15) is 5.75 Å². The summed E-state index contributed by atoms with van der Waals surface area (Å²) in [6.07, 6.45) is 3.71. The molecule has 0 unspecified atom stereocenters. The normalized spacial score (nSPS) is 15.4. The Morgan fingerprint density at radius 3 is 2.43 bits per heavy atom. The largest absolute Gasteiger partial charge is 0.481 e. The van der Waals surface area contributed by atoms with Crippen LogP contribution in [0.4, 0.5) is 5.69 Å². The molecule has 148 valence electrons. The predicted octanol–water partition coefficient (Wildman–Crippen LogP) is 4.42. The van der Waals surface area contributed by atoms with Crippen molar-refractivity contribution in [2.45, 2.75) is 45.6 Å². The first-order chi connectivity index (χ1) is 13.5. The van der Waals surface area contributed by atoms with Crippen molar-refractivity contribution in [2.75, 3.05) is 18.4 Å². The molecular weight excluding hydrogens is 352 g/mol. The van der Waals surface area contributed by atoms with Crippen LogP contribution in [0.3, 0.4) is 0 Å². The fourth-order valence-electron chi connectivity index (χ4n) is 3.40. The number of carbonyl (C=O) groups excluding carboxylic acids is 2. The molecule has 5 heteroatoms. The number of aryl methyl sites for hydroxylation is 1. The number of nitrogens with one attached hydrogen (secondary N) is 1. The van der Waals surface area contributed by atoms with Crippen molar-refractivity contribution >= 4 is 17.5 Å². The molecule has 1 fully saturated rings. The van der Waals surface area contributed by atoms with E-state index in [-0.39, 0.29) is 11.8 Å². The van der Waals surface area contributed by atoms with Crippen molar-refractivity contribution in [2.24, 2.45) is 0 Å². The van der Waals surface area contributed by atoms with Crippen LogP contribution in [0.1, 0.15) is 48.5 Å². The van der Waals surface area contributed by atoms with Crippen LogP contribution < -0.4 is 10.1 Å². The van der Waals surface area contributed by atoms with Gasteiger partial charge in [-0.25, -0.2) is 0 Å². The highest BCUT2D eigenvalue weighted by molar-refractivity contribution is 6.04. The van der Waals surface area contributed by atoms with Crippen molar-refractivity contribution < 1.29 is 14.3 Å². The molecule has 2 amide bonds. The van der Waals surface area contributed by atoms with E-state index in [1.807, 2.05) is 48.2 Å². The molecule has 1 atom stereocenters. The van der Waals surface area contributed by atoms with Gasteiger partial charge in [0.25, 0.3) is 11.8 Å². The number of amides is 2. The second kappa shape index (κ2) is 9.40. The van der Waals surface area contributed by atoms with Gasteiger partial charge in [0.15, 0.2) is 6.10 Å². The highest BCUT2D eigenvalue weighted by Gasteiger charge is 2.22. The maximum absolute atomic E-state index is 13.0. The smallest absolute Gasteiger partial charge is 0.265 e. The molecule has 1 heterocycles. The first-order valence-corrected chi connectivity index (χ1v) is 9.97. The van der Waals surface area contributed by atoms with E-state index in [4.69, 9.17) is 4.74 Å². The van der Waals surface area contributed by atoms with Crippen molar-refractivity contribution in [3.8, 4) is 5.75 Å². The predicted molar refractivity (Wildman–Crippen MR) is 111 cm³/mol. The van der Waals surface area contributed by atoms with Crippen LogP contribution in [0.5, 0.6) is 5.75 Å². The van der Waals surface area contributed by atoms with E-state index in [2.05, 4.69) is 5.32 Å². The van der Waals surface area contributed by atoms with Gasteiger partial charge in [-0.05, 0) is 56.5 Å². The van der Waals surface area contributed by atoms with Gasteiger partial charge in [-0.15, -0.1) is 0 Å². The zero-order valence-corrected chi connectivity index (χ0v) is 16.6. The van der Waals surface area contributed by atoms with Crippen LogP contribution in [0.25, 0.3) is 0 Å². The van der Waals surface area contributed by atoms with Crippen molar-refractivity contribution in [3.63, 3.8) is 0 Å². The van der Waals surface area contributed by atoms with Crippen LogP contribution in [-0.2, 0) is 4.79 Å². The molecular formula is C23H28N2O3.